The zero-order valence-corrected chi connectivity index (χ0v) is 17.9. The van der Waals surface area contributed by atoms with E-state index in [0.717, 1.165) is 24.1 Å². The first-order valence-corrected chi connectivity index (χ1v) is 10.7. The number of cyclic esters (lactones) is 1. The van der Waals surface area contributed by atoms with Crippen LogP contribution in [0.1, 0.15) is 69.7 Å². The smallest absolute Gasteiger partial charge is 0.308 e. The van der Waals surface area contributed by atoms with E-state index in [4.69, 9.17) is 4.74 Å². The van der Waals surface area contributed by atoms with Gasteiger partial charge in [0.15, 0.2) is 0 Å². The van der Waals surface area contributed by atoms with Crippen LogP contribution in [0, 0.1) is 5.82 Å². The van der Waals surface area contributed by atoms with Gasteiger partial charge in [0.2, 0.25) is 0 Å². The number of carbonyl (C=O) groups excluding carboxylic acids is 1. The summed E-state index contributed by atoms with van der Waals surface area (Å²) in [6, 6.07) is 6.70. The number of aromatic nitrogens is 1. The molecule has 1 N–H and O–H groups in total. The first kappa shape index (κ1) is 21.6. The summed E-state index contributed by atoms with van der Waals surface area (Å²) in [4.78, 5) is 11.7. The number of nitrogens with zero attached hydrogens (tertiary/aromatic N) is 1. The minimum Gasteiger partial charge on any atom is -0.462 e. The summed E-state index contributed by atoms with van der Waals surface area (Å²) in [5.74, 6) is -0.232. The lowest BCUT2D eigenvalue weighted by Crippen LogP contribution is -2.33. The van der Waals surface area contributed by atoms with Crippen molar-refractivity contribution in [1.29, 1.82) is 0 Å². The van der Waals surface area contributed by atoms with Crippen molar-refractivity contribution < 1.29 is 19.0 Å². The highest BCUT2D eigenvalue weighted by atomic mass is 19.1. The molecule has 5 heteroatoms. The highest BCUT2D eigenvalue weighted by molar-refractivity contribution is 5.71. The molecular formula is C24H32FNO3. The van der Waals surface area contributed by atoms with E-state index in [1.165, 1.54) is 29.0 Å². The molecule has 0 amide bonds. The Bertz CT molecular complexity index is 854. The number of halogens is 1. The number of ether oxygens (including phenoxy) is 1. The molecule has 0 aliphatic carbocycles. The van der Waals surface area contributed by atoms with Gasteiger partial charge in [-0.05, 0) is 59.7 Å². The summed E-state index contributed by atoms with van der Waals surface area (Å²) in [6.45, 7) is 9.43. The van der Waals surface area contributed by atoms with Gasteiger partial charge in [0.1, 0.15) is 11.9 Å². The molecule has 2 aromatic rings. The van der Waals surface area contributed by atoms with Crippen LogP contribution in [-0.4, -0.2) is 27.9 Å². The fourth-order valence-corrected chi connectivity index (χ4v) is 4.66. The Labute approximate surface area is 172 Å². The second kappa shape index (κ2) is 9.12. The van der Waals surface area contributed by atoms with Gasteiger partial charge >= 0.3 is 5.97 Å². The molecule has 1 aromatic heterocycles. The molecule has 1 aliphatic rings. The third-order valence-electron chi connectivity index (χ3n) is 5.80. The van der Waals surface area contributed by atoms with E-state index in [9.17, 15) is 14.3 Å². The molecule has 29 heavy (non-hydrogen) atoms. The highest BCUT2D eigenvalue weighted by Gasteiger charge is 2.29. The van der Waals surface area contributed by atoms with Crippen molar-refractivity contribution in [2.24, 2.45) is 0 Å². The lowest BCUT2D eigenvalue weighted by Gasteiger charge is -2.27. The molecule has 0 unspecified atom stereocenters. The van der Waals surface area contributed by atoms with Crippen molar-refractivity contribution in [2.75, 3.05) is 0 Å². The van der Waals surface area contributed by atoms with Crippen molar-refractivity contribution in [3.63, 3.8) is 0 Å². The number of esters is 1. The van der Waals surface area contributed by atoms with Crippen LogP contribution in [0.5, 0.6) is 0 Å². The van der Waals surface area contributed by atoms with Gasteiger partial charge in [-0.2, -0.15) is 0 Å². The second-order valence-electron chi connectivity index (χ2n) is 8.21. The standard InChI is InChI=1S/C24H32FNO3/c1-5-20-21(6-2)24(16-7-9-17(25)10-8-16)26(23(20)15(3)4)12-11-19-13-18(27)14-22(28)29-19/h7-10,15,18-19,27H,5-6,11-14H2,1-4H3/t18-,19-/m0/s1. The van der Waals surface area contributed by atoms with Crippen LogP contribution in [0.4, 0.5) is 4.39 Å². The maximum absolute atomic E-state index is 13.5. The molecule has 2 atom stereocenters. The molecule has 1 aromatic carbocycles. The number of aliphatic hydroxyl groups is 1. The topological polar surface area (TPSA) is 51.5 Å². The largest absolute Gasteiger partial charge is 0.462 e. The first-order valence-electron chi connectivity index (χ1n) is 10.7. The quantitative estimate of drug-likeness (QED) is 0.665. The molecule has 0 saturated carbocycles. The fraction of sp³-hybridized carbons (Fsp3) is 0.542. The molecule has 3 rings (SSSR count). The molecule has 1 saturated heterocycles. The molecule has 0 radical (unpaired) electrons. The number of benzene rings is 1. The average molecular weight is 402 g/mol. The Hall–Kier alpha value is -2.14. The van der Waals surface area contributed by atoms with E-state index >= 15 is 0 Å². The maximum Gasteiger partial charge on any atom is 0.308 e. The SMILES string of the molecule is CCc1c(CC)c(C(C)C)n(CC[C@H]2C[C@H](O)CC(=O)O2)c1-c1ccc(F)cc1. The maximum atomic E-state index is 13.5. The Morgan fingerprint density at radius 1 is 1.17 bits per heavy atom. The van der Waals surface area contributed by atoms with E-state index in [-0.39, 0.29) is 24.3 Å². The summed E-state index contributed by atoms with van der Waals surface area (Å²) < 4.78 is 21.4. The summed E-state index contributed by atoms with van der Waals surface area (Å²) >= 11 is 0. The van der Waals surface area contributed by atoms with Gasteiger partial charge < -0.3 is 14.4 Å². The predicted octanol–water partition coefficient (Wildman–Crippen LogP) is 5.00. The molecule has 0 spiro atoms. The van der Waals surface area contributed by atoms with Crippen LogP contribution in [0.15, 0.2) is 24.3 Å². The molecule has 158 valence electrons. The molecular weight excluding hydrogens is 369 g/mol. The number of carbonyl (C=O) groups is 1. The van der Waals surface area contributed by atoms with E-state index in [1.54, 1.807) is 0 Å². The minimum absolute atomic E-state index is 0.0814. The van der Waals surface area contributed by atoms with Crippen molar-refractivity contribution in [1.82, 2.24) is 4.57 Å². The predicted molar refractivity (Wildman–Crippen MR) is 112 cm³/mol. The van der Waals surface area contributed by atoms with Gasteiger partial charge in [0, 0.05) is 25.1 Å². The van der Waals surface area contributed by atoms with E-state index in [1.807, 2.05) is 12.1 Å². The minimum atomic E-state index is -0.621. The van der Waals surface area contributed by atoms with Crippen LogP contribution in [-0.2, 0) is 28.9 Å². The number of aliphatic hydroxyl groups excluding tert-OH is 1. The van der Waals surface area contributed by atoms with E-state index < -0.39 is 6.10 Å². The summed E-state index contributed by atoms with van der Waals surface area (Å²) in [6.07, 6.45) is 2.16. The lowest BCUT2D eigenvalue weighted by atomic mass is 9.97. The monoisotopic (exact) mass is 401 g/mol. The van der Waals surface area contributed by atoms with Gasteiger partial charge in [-0.25, -0.2) is 4.39 Å². The summed E-state index contributed by atoms with van der Waals surface area (Å²) in [7, 11) is 0. The van der Waals surface area contributed by atoms with Gasteiger partial charge in [-0.15, -0.1) is 0 Å². The van der Waals surface area contributed by atoms with Gasteiger partial charge in [0.25, 0.3) is 0 Å². The van der Waals surface area contributed by atoms with Gasteiger partial charge in [-0.1, -0.05) is 27.7 Å². The summed E-state index contributed by atoms with van der Waals surface area (Å²) in [5, 5.41) is 9.93. The average Bonchev–Trinajstić information content (AvgIpc) is 2.99. The van der Waals surface area contributed by atoms with E-state index in [0.29, 0.717) is 25.3 Å². The molecule has 4 nitrogen and oxygen atoms in total. The van der Waals surface area contributed by atoms with Crippen LogP contribution in [0.25, 0.3) is 11.3 Å². The molecule has 2 heterocycles. The van der Waals surface area contributed by atoms with Crippen LogP contribution < -0.4 is 0 Å². The van der Waals surface area contributed by atoms with E-state index in [2.05, 4.69) is 32.3 Å². The fourth-order valence-electron chi connectivity index (χ4n) is 4.66. The summed E-state index contributed by atoms with van der Waals surface area (Å²) in [5.41, 5.74) is 6.11. The van der Waals surface area contributed by atoms with Crippen LogP contribution >= 0.6 is 0 Å². The number of rotatable bonds is 7. The van der Waals surface area contributed by atoms with Crippen LogP contribution in [0.3, 0.4) is 0 Å². The Balaban J connectivity index is 2.04. The van der Waals surface area contributed by atoms with Gasteiger partial charge in [0.05, 0.1) is 18.2 Å². The second-order valence-corrected chi connectivity index (χ2v) is 8.21. The van der Waals surface area contributed by atoms with Crippen LogP contribution in [0.2, 0.25) is 0 Å². The Morgan fingerprint density at radius 2 is 1.83 bits per heavy atom. The number of hydrogen-bond acceptors (Lipinski definition) is 3. The highest BCUT2D eigenvalue weighted by Crippen LogP contribution is 2.37. The zero-order valence-electron chi connectivity index (χ0n) is 17.9. The number of hydrogen-bond donors (Lipinski definition) is 1. The molecule has 1 aliphatic heterocycles. The zero-order chi connectivity index (χ0) is 21.1. The lowest BCUT2D eigenvalue weighted by molar-refractivity contribution is -0.160. The Kier molecular flexibility index (Phi) is 6.78. The third kappa shape index (κ3) is 4.55. The normalized spacial score (nSPS) is 19.6. The van der Waals surface area contributed by atoms with Gasteiger partial charge in [-0.3, -0.25) is 4.79 Å². The molecule has 1 fully saturated rings. The van der Waals surface area contributed by atoms with Crippen molar-refractivity contribution >= 4 is 5.97 Å². The van der Waals surface area contributed by atoms with Crippen molar-refractivity contribution in [3.8, 4) is 11.3 Å². The first-order chi connectivity index (χ1) is 13.8. The van der Waals surface area contributed by atoms with Crippen molar-refractivity contribution in [3.05, 3.63) is 46.9 Å². The third-order valence-corrected chi connectivity index (χ3v) is 5.80. The van der Waals surface area contributed by atoms with Crippen molar-refractivity contribution in [2.45, 2.75) is 84.5 Å². The Morgan fingerprint density at radius 3 is 2.38 bits per heavy atom. The molecule has 0 bridgehead atoms.